The molecular weight excluding hydrogens is 280 g/mol. The highest BCUT2D eigenvalue weighted by atomic mass is 79.9. The summed E-state index contributed by atoms with van der Waals surface area (Å²) in [6.07, 6.45) is 4.14. The van der Waals surface area contributed by atoms with Crippen molar-refractivity contribution in [2.75, 3.05) is 25.1 Å². The van der Waals surface area contributed by atoms with E-state index in [0.29, 0.717) is 0 Å². The number of methoxy groups -OCH3 is 1. The summed E-state index contributed by atoms with van der Waals surface area (Å²) < 4.78 is 6.65. The largest absolute Gasteiger partial charge is 0.377 e. The number of aromatic nitrogens is 1. The summed E-state index contributed by atoms with van der Waals surface area (Å²) in [4.78, 5) is 6.85. The minimum Gasteiger partial charge on any atom is -0.377 e. The Hall–Kier alpha value is -0.610. The van der Waals surface area contributed by atoms with Crippen LogP contribution in [0.1, 0.15) is 25.3 Å². The molecule has 1 saturated heterocycles. The topological polar surface area (TPSA) is 25.4 Å². The zero-order chi connectivity index (χ0) is 12.5. The van der Waals surface area contributed by atoms with E-state index in [4.69, 9.17) is 4.74 Å². The number of hydrogen-bond acceptors (Lipinski definition) is 3. The van der Waals surface area contributed by atoms with Crippen LogP contribution in [0.2, 0.25) is 0 Å². The van der Waals surface area contributed by atoms with Crippen molar-refractivity contribution >= 4 is 21.7 Å². The fourth-order valence-corrected chi connectivity index (χ4v) is 2.86. The van der Waals surface area contributed by atoms with Crippen LogP contribution in [0.5, 0.6) is 0 Å². The van der Waals surface area contributed by atoms with Crippen LogP contribution in [-0.2, 0) is 4.74 Å². The Balaban J connectivity index is 2.22. The number of anilines is 1. The molecule has 4 heteroatoms. The number of piperidine rings is 1. The molecule has 0 saturated carbocycles. The lowest BCUT2D eigenvalue weighted by Crippen LogP contribution is -2.48. The van der Waals surface area contributed by atoms with Gasteiger partial charge in [0.15, 0.2) is 0 Å². The molecule has 1 aromatic rings. The maximum atomic E-state index is 5.62. The van der Waals surface area contributed by atoms with E-state index in [-0.39, 0.29) is 5.60 Å². The molecule has 0 radical (unpaired) electrons. The maximum Gasteiger partial charge on any atom is 0.131 e. The Kier molecular flexibility index (Phi) is 3.73. The van der Waals surface area contributed by atoms with Crippen LogP contribution < -0.4 is 4.90 Å². The zero-order valence-corrected chi connectivity index (χ0v) is 12.2. The van der Waals surface area contributed by atoms with Crippen molar-refractivity contribution in [3.63, 3.8) is 0 Å². The first kappa shape index (κ1) is 12.8. The van der Waals surface area contributed by atoms with Crippen LogP contribution in [-0.4, -0.2) is 30.8 Å². The van der Waals surface area contributed by atoms with E-state index in [1.54, 1.807) is 7.11 Å². The van der Waals surface area contributed by atoms with E-state index in [1.165, 1.54) is 5.56 Å². The molecule has 1 unspecified atom stereocenters. The SMILES string of the molecule is COC1(C)CCCN(c2ncc(Br)cc2C)C1. The van der Waals surface area contributed by atoms with Crippen LogP contribution in [0.3, 0.4) is 0 Å². The normalized spacial score (nSPS) is 25.1. The van der Waals surface area contributed by atoms with Crippen molar-refractivity contribution in [1.82, 2.24) is 4.98 Å². The van der Waals surface area contributed by atoms with Gasteiger partial charge in [-0.05, 0) is 54.2 Å². The Labute approximate surface area is 111 Å². The first-order chi connectivity index (χ1) is 8.04. The van der Waals surface area contributed by atoms with E-state index in [2.05, 4.69) is 45.7 Å². The fourth-order valence-electron chi connectivity index (χ4n) is 2.42. The van der Waals surface area contributed by atoms with Gasteiger partial charge in [0.1, 0.15) is 5.82 Å². The smallest absolute Gasteiger partial charge is 0.131 e. The highest BCUT2D eigenvalue weighted by molar-refractivity contribution is 9.10. The van der Waals surface area contributed by atoms with E-state index >= 15 is 0 Å². The molecule has 2 rings (SSSR count). The van der Waals surface area contributed by atoms with Gasteiger partial charge in [-0.2, -0.15) is 0 Å². The summed E-state index contributed by atoms with van der Waals surface area (Å²) >= 11 is 3.45. The molecule has 0 N–H and O–H groups in total. The molecule has 1 aliphatic rings. The Morgan fingerprint density at radius 1 is 1.53 bits per heavy atom. The van der Waals surface area contributed by atoms with Crippen LogP contribution >= 0.6 is 15.9 Å². The van der Waals surface area contributed by atoms with Crippen LogP contribution in [0, 0.1) is 6.92 Å². The fraction of sp³-hybridized carbons (Fsp3) is 0.615. The van der Waals surface area contributed by atoms with E-state index in [1.807, 2.05) is 6.20 Å². The van der Waals surface area contributed by atoms with Gasteiger partial charge in [-0.15, -0.1) is 0 Å². The number of nitrogens with zero attached hydrogens (tertiary/aromatic N) is 2. The van der Waals surface area contributed by atoms with Gasteiger partial charge in [-0.1, -0.05) is 0 Å². The van der Waals surface area contributed by atoms with Crippen LogP contribution in [0.25, 0.3) is 0 Å². The molecule has 2 heterocycles. The lowest BCUT2D eigenvalue weighted by molar-refractivity contribution is -0.00483. The number of halogens is 1. The average molecular weight is 299 g/mol. The predicted octanol–water partition coefficient (Wildman–Crippen LogP) is 3.16. The van der Waals surface area contributed by atoms with E-state index in [0.717, 1.165) is 36.2 Å². The van der Waals surface area contributed by atoms with Crippen molar-refractivity contribution in [2.24, 2.45) is 0 Å². The molecule has 1 aromatic heterocycles. The Morgan fingerprint density at radius 2 is 2.29 bits per heavy atom. The predicted molar refractivity (Wildman–Crippen MR) is 73.5 cm³/mol. The second-order valence-electron chi connectivity index (χ2n) is 4.97. The first-order valence-corrected chi connectivity index (χ1v) is 6.76. The van der Waals surface area contributed by atoms with Crippen molar-refractivity contribution in [2.45, 2.75) is 32.3 Å². The molecule has 0 bridgehead atoms. The van der Waals surface area contributed by atoms with Gasteiger partial charge in [0, 0.05) is 30.9 Å². The third kappa shape index (κ3) is 2.80. The summed E-state index contributed by atoms with van der Waals surface area (Å²) in [5.41, 5.74) is 1.17. The summed E-state index contributed by atoms with van der Waals surface area (Å²) in [6.45, 7) is 6.26. The van der Waals surface area contributed by atoms with Gasteiger partial charge in [0.25, 0.3) is 0 Å². The molecule has 0 aromatic carbocycles. The third-order valence-corrected chi connectivity index (χ3v) is 3.90. The summed E-state index contributed by atoms with van der Waals surface area (Å²) in [5, 5.41) is 0. The monoisotopic (exact) mass is 298 g/mol. The molecule has 17 heavy (non-hydrogen) atoms. The molecule has 3 nitrogen and oxygen atoms in total. The number of pyridine rings is 1. The summed E-state index contributed by atoms with van der Waals surface area (Å²) in [5.74, 6) is 1.08. The number of ether oxygens (including phenoxy) is 1. The van der Waals surface area contributed by atoms with Gasteiger partial charge in [0.2, 0.25) is 0 Å². The third-order valence-electron chi connectivity index (χ3n) is 3.47. The molecule has 1 fully saturated rings. The minimum atomic E-state index is -0.0422. The van der Waals surface area contributed by atoms with Crippen molar-refractivity contribution in [3.8, 4) is 0 Å². The first-order valence-electron chi connectivity index (χ1n) is 5.96. The van der Waals surface area contributed by atoms with Gasteiger partial charge >= 0.3 is 0 Å². The van der Waals surface area contributed by atoms with Gasteiger partial charge in [-0.25, -0.2) is 4.98 Å². The second-order valence-corrected chi connectivity index (χ2v) is 5.89. The Bertz CT molecular complexity index is 410. The van der Waals surface area contributed by atoms with Crippen molar-refractivity contribution < 1.29 is 4.74 Å². The molecule has 0 amide bonds. The molecule has 0 aliphatic carbocycles. The molecule has 1 atom stereocenters. The molecule has 94 valence electrons. The number of rotatable bonds is 2. The molecule has 0 spiro atoms. The zero-order valence-electron chi connectivity index (χ0n) is 10.7. The van der Waals surface area contributed by atoms with Crippen LogP contribution in [0.4, 0.5) is 5.82 Å². The van der Waals surface area contributed by atoms with Crippen LogP contribution in [0.15, 0.2) is 16.7 Å². The second kappa shape index (κ2) is 4.94. The Morgan fingerprint density at radius 3 is 2.94 bits per heavy atom. The van der Waals surface area contributed by atoms with E-state index < -0.39 is 0 Å². The van der Waals surface area contributed by atoms with Crippen molar-refractivity contribution in [1.29, 1.82) is 0 Å². The lowest BCUT2D eigenvalue weighted by Gasteiger charge is -2.40. The molecular formula is C13H19BrN2O. The average Bonchev–Trinajstić information content (AvgIpc) is 2.29. The van der Waals surface area contributed by atoms with Gasteiger partial charge < -0.3 is 9.64 Å². The highest BCUT2D eigenvalue weighted by Gasteiger charge is 2.31. The molecule has 1 aliphatic heterocycles. The summed E-state index contributed by atoms with van der Waals surface area (Å²) in [7, 11) is 1.80. The quantitative estimate of drug-likeness (QED) is 0.839. The van der Waals surface area contributed by atoms with Gasteiger partial charge in [-0.3, -0.25) is 0 Å². The maximum absolute atomic E-state index is 5.62. The minimum absolute atomic E-state index is 0.0422. The highest BCUT2D eigenvalue weighted by Crippen LogP contribution is 2.29. The van der Waals surface area contributed by atoms with E-state index in [9.17, 15) is 0 Å². The standard InChI is InChI=1S/C13H19BrN2O/c1-10-7-11(14)8-15-12(10)16-6-4-5-13(2,9-16)17-3/h7-8H,4-6,9H2,1-3H3. The summed E-state index contributed by atoms with van der Waals surface area (Å²) in [6, 6.07) is 2.11. The number of aryl methyl sites for hydroxylation is 1. The van der Waals surface area contributed by atoms with Gasteiger partial charge in [0.05, 0.1) is 5.60 Å². The van der Waals surface area contributed by atoms with Crippen molar-refractivity contribution in [3.05, 3.63) is 22.3 Å². The lowest BCUT2D eigenvalue weighted by atomic mass is 9.94. The number of hydrogen-bond donors (Lipinski definition) is 0.